The highest BCUT2D eigenvalue weighted by atomic mass is 32.2. The fraction of sp³-hybridized carbons (Fsp3) is 0.133. The van der Waals surface area contributed by atoms with Gasteiger partial charge in [-0.2, -0.15) is 0 Å². The molecule has 0 aliphatic rings. The third kappa shape index (κ3) is 6.57. The maximum absolute atomic E-state index is 12.2. The summed E-state index contributed by atoms with van der Waals surface area (Å²) in [5, 5.41) is 18.6. The number of hydrogen-bond acceptors (Lipinski definition) is 6. The van der Waals surface area contributed by atoms with Crippen molar-refractivity contribution in [3.8, 4) is 0 Å². The number of carbonyl (C=O) groups is 2. The number of nitrogens with zero attached hydrogens (tertiary/aromatic N) is 2. The zero-order chi connectivity index (χ0) is 18.9. The first-order valence-electron chi connectivity index (χ1n) is 6.88. The van der Waals surface area contributed by atoms with Gasteiger partial charge in [0.1, 0.15) is 4.90 Å². The summed E-state index contributed by atoms with van der Waals surface area (Å²) in [6, 6.07) is 4.90. The lowest BCUT2D eigenvalue weighted by Gasteiger charge is -2.04. The van der Waals surface area contributed by atoms with E-state index in [2.05, 4.69) is 10.3 Å². The number of nitrogens with one attached hydrogen (secondary N) is 1. The van der Waals surface area contributed by atoms with Gasteiger partial charge in [0.2, 0.25) is 0 Å². The molecule has 3 N–H and O–H groups in total. The second kappa shape index (κ2) is 9.35. The molecule has 0 atom stereocenters. The number of carboxylic acids is 2. The van der Waals surface area contributed by atoms with Crippen LogP contribution in [0.15, 0.2) is 60.0 Å². The van der Waals surface area contributed by atoms with Gasteiger partial charge < -0.3 is 15.5 Å². The van der Waals surface area contributed by atoms with Crippen LogP contribution in [0.5, 0.6) is 0 Å². The van der Waals surface area contributed by atoms with Crippen LogP contribution in [0.25, 0.3) is 0 Å². The smallest absolute Gasteiger partial charge is 0.328 e. The summed E-state index contributed by atoms with van der Waals surface area (Å²) in [6.45, 7) is 0.634. The molecule has 2 heterocycles. The molecule has 0 bridgehead atoms. The van der Waals surface area contributed by atoms with E-state index in [0.717, 1.165) is 5.56 Å². The molecule has 9 nitrogen and oxygen atoms in total. The fourth-order valence-corrected chi connectivity index (χ4v) is 2.82. The highest BCUT2D eigenvalue weighted by Gasteiger charge is 2.16. The van der Waals surface area contributed by atoms with E-state index in [0.29, 0.717) is 18.7 Å². The maximum atomic E-state index is 12.2. The Morgan fingerprint density at radius 1 is 1.24 bits per heavy atom. The Kier molecular flexibility index (Phi) is 7.50. The van der Waals surface area contributed by atoms with E-state index in [1.54, 1.807) is 24.5 Å². The molecule has 25 heavy (non-hydrogen) atoms. The summed E-state index contributed by atoms with van der Waals surface area (Å²) in [6.07, 6.45) is 7.13. The average molecular weight is 367 g/mol. The Morgan fingerprint density at radius 3 is 2.36 bits per heavy atom. The Bertz CT molecular complexity index is 827. The SMILES string of the molecule is CNCc1ccn(S(=O)(=O)c2cccnc2)c1.O=C(O)/C=C/C(=O)O. The van der Waals surface area contributed by atoms with E-state index in [-0.39, 0.29) is 4.90 Å². The number of pyridine rings is 1. The minimum absolute atomic E-state index is 0.187. The summed E-state index contributed by atoms with van der Waals surface area (Å²) < 4.78 is 25.5. The lowest BCUT2D eigenvalue weighted by atomic mass is 10.3. The fourth-order valence-electron chi connectivity index (χ4n) is 1.64. The van der Waals surface area contributed by atoms with Gasteiger partial charge in [-0.3, -0.25) is 4.98 Å². The summed E-state index contributed by atoms with van der Waals surface area (Å²) in [5.74, 6) is -2.51. The molecule has 0 fully saturated rings. The van der Waals surface area contributed by atoms with Crippen molar-refractivity contribution in [3.05, 3.63) is 60.7 Å². The number of carboxylic acid groups (broad SMARTS) is 2. The second-order valence-corrected chi connectivity index (χ2v) is 6.43. The first-order valence-corrected chi connectivity index (χ1v) is 8.32. The minimum atomic E-state index is -3.51. The molecule has 134 valence electrons. The van der Waals surface area contributed by atoms with Crippen molar-refractivity contribution in [2.75, 3.05) is 7.05 Å². The van der Waals surface area contributed by atoms with E-state index >= 15 is 0 Å². The van der Waals surface area contributed by atoms with Gasteiger partial charge in [0.05, 0.1) is 0 Å². The van der Waals surface area contributed by atoms with Crippen molar-refractivity contribution >= 4 is 22.0 Å². The van der Waals surface area contributed by atoms with Crippen molar-refractivity contribution in [1.82, 2.24) is 14.3 Å². The van der Waals surface area contributed by atoms with E-state index in [1.165, 1.54) is 22.4 Å². The minimum Gasteiger partial charge on any atom is -0.478 e. The molecule has 0 radical (unpaired) electrons. The molecule has 0 saturated carbocycles. The van der Waals surface area contributed by atoms with E-state index in [4.69, 9.17) is 10.2 Å². The normalized spacial score (nSPS) is 10.9. The Morgan fingerprint density at radius 2 is 1.88 bits per heavy atom. The standard InChI is InChI=1S/C11H13N3O2S.C4H4O4/c1-12-7-10-4-6-14(9-10)17(15,16)11-3-2-5-13-8-11;5-3(6)1-2-4(7)8/h2-6,8-9,12H,7H2,1H3;1-2H,(H,5,6)(H,7,8)/b;2-1+. The van der Waals surface area contributed by atoms with Gasteiger partial charge in [-0.1, -0.05) is 0 Å². The van der Waals surface area contributed by atoms with Crippen LogP contribution in [-0.2, 0) is 26.2 Å². The summed E-state index contributed by atoms with van der Waals surface area (Å²) in [5.41, 5.74) is 0.917. The Balaban J connectivity index is 0.000000333. The highest BCUT2D eigenvalue weighted by Crippen LogP contribution is 2.13. The van der Waals surface area contributed by atoms with Crippen LogP contribution >= 0.6 is 0 Å². The van der Waals surface area contributed by atoms with Crippen LogP contribution in [0.1, 0.15) is 5.56 Å². The molecule has 10 heteroatoms. The quantitative estimate of drug-likeness (QED) is 0.629. The number of hydrogen-bond donors (Lipinski definition) is 3. The van der Waals surface area contributed by atoms with Gasteiger partial charge in [0.25, 0.3) is 10.0 Å². The van der Waals surface area contributed by atoms with Gasteiger partial charge >= 0.3 is 11.9 Å². The lowest BCUT2D eigenvalue weighted by molar-refractivity contribution is -0.134. The number of aliphatic carboxylic acids is 2. The van der Waals surface area contributed by atoms with Gasteiger partial charge in [-0.05, 0) is 30.8 Å². The summed E-state index contributed by atoms with van der Waals surface area (Å²) >= 11 is 0. The molecule has 2 aromatic rings. The van der Waals surface area contributed by atoms with Gasteiger partial charge in [0.15, 0.2) is 0 Å². The van der Waals surface area contributed by atoms with Crippen molar-refractivity contribution in [1.29, 1.82) is 0 Å². The summed E-state index contributed by atoms with van der Waals surface area (Å²) in [7, 11) is -1.70. The lowest BCUT2D eigenvalue weighted by Crippen LogP contribution is -2.11. The molecule has 0 aliphatic heterocycles. The van der Waals surface area contributed by atoms with E-state index < -0.39 is 22.0 Å². The van der Waals surface area contributed by atoms with Gasteiger partial charge in [0, 0.05) is 43.5 Å². The molecule has 2 rings (SSSR count). The molecule has 0 saturated heterocycles. The van der Waals surface area contributed by atoms with Crippen molar-refractivity contribution in [2.24, 2.45) is 0 Å². The molecule has 0 aliphatic carbocycles. The highest BCUT2D eigenvalue weighted by molar-refractivity contribution is 7.90. The predicted molar refractivity (Wildman–Crippen MR) is 88.4 cm³/mol. The maximum Gasteiger partial charge on any atom is 0.328 e. The summed E-state index contributed by atoms with van der Waals surface area (Å²) in [4.78, 5) is 23.1. The third-order valence-electron chi connectivity index (χ3n) is 2.69. The Labute approximate surface area is 144 Å². The molecule has 2 aromatic heterocycles. The molecular formula is C15H17N3O6S. The van der Waals surface area contributed by atoms with E-state index in [9.17, 15) is 18.0 Å². The number of rotatable bonds is 6. The molecule has 0 aromatic carbocycles. The van der Waals surface area contributed by atoms with Crippen molar-refractivity contribution in [2.45, 2.75) is 11.4 Å². The molecule has 0 amide bonds. The van der Waals surface area contributed by atoms with Crippen molar-refractivity contribution in [3.63, 3.8) is 0 Å². The molecular weight excluding hydrogens is 350 g/mol. The Hall–Kier alpha value is -2.98. The third-order valence-corrected chi connectivity index (χ3v) is 4.31. The first-order chi connectivity index (χ1) is 11.8. The zero-order valence-corrected chi connectivity index (χ0v) is 14.0. The van der Waals surface area contributed by atoms with Gasteiger partial charge in [-0.15, -0.1) is 0 Å². The zero-order valence-electron chi connectivity index (χ0n) is 13.2. The second-order valence-electron chi connectivity index (χ2n) is 4.58. The average Bonchev–Trinajstić information content (AvgIpc) is 3.04. The van der Waals surface area contributed by atoms with Crippen LogP contribution in [-0.4, -0.2) is 46.6 Å². The van der Waals surface area contributed by atoms with Crippen LogP contribution in [0.4, 0.5) is 0 Å². The van der Waals surface area contributed by atoms with Crippen LogP contribution in [0, 0.1) is 0 Å². The monoisotopic (exact) mass is 367 g/mol. The van der Waals surface area contributed by atoms with E-state index in [1.807, 2.05) is 7.05 Å². The van der Waals surface area contributed by atoms with Crippen LogP contribution in [0.3, 0.4) is 0 Å². The van der Waals surface area contributed by atoms with Crippen LogP contribution in [0.2, 0.25) is 0 Å². The molecule has 0 unspecified atom stereocenters. The number of aromatic nitrogens is 2. The van der Waals surface area contributed by atoms with Gasteiger partial charge in [-0.25, -0.2) is 22.0 Å². The first kappa shape index (κ1) is 20.1. The largest absolute Gasteiger partial charge is 0.478 e. The van der Waals surface area contributed by atoms with Crippen molar-refractivity contribution < 1.29 is 28.2 Å². The molecule has 0 spiro atoms. The van der Waals surface area contributed by atoms with Crippen LogP contribution < -0.4 is 5.32 Å². The predicted octanol–water partition coefficient (Wildman–Crippen LogP) is 0.551. The topological polar surface area (TPSA) is 139 Å².